The normalized spacial score (nSPS) is 11.5. The molecule has 0 aromatic heterocycles. The average Bonchev–Trinajstić information content (AvgIpc) is 2.04. The fourth-order valence-corrected chi connectivity index (χ4v) is 0.992. The molecule has 3 heteroatoms. The zero-order valence-electron chi connectivity index (χ0n) is 7.05. The third kappa shape index (κ3) is 2.99. The minimum absolute atomic E-state index is 0.361. The van der Waals surface area contributed by atoms with E-state index in [4.69, 9.17) is 11.6 Å². The van der Waals surface area contributed by atoms with Crippen molar-refractivity contribution in [3.63, 3.8) is 0 Å². The zero-order chi connectivity index (χ0) is 9.84. The average molecular weight is 199 g/mol. The molecule has 1 aromatic rings. The standard InChI is InChI=1S/C10H8ClFO/c1-7-2-4-8(5-3-7)9(12)6-10(11)13/h2-6H,1H3. The summed E-state index contributed by atoms with van der Waals surface area (Å²) in [5.74, 6) is -0.611. The predicted molar refractivity (Wildman–Crippen MR) is 51.1 cm³/mol. The molecule has 0 saturated heterocycles. The van der Waals surface area contributed by atoms with Crippen LogP contribution in [0.25, 0.3) is 5.83 Å². The molecule has 0 heterocycles. The largest absolute Gasteiger partial charge is 0.276 e. The summed E-state index contributed by atoms with van der Waals surface area (Å²) in [6.07, 6.45) is 0.756. The SMILES string of the molecule is Cc1ccc(C(F)=CC(=O)Cl)cc1. The van der Waals surface area contributed by atoms with Crippen LogP contribution in [-0.4, -0.2) is 5.24 Å². The lowest BCUT2D eigenvalue weighted by molar-refractivity contribution is -0.107. The molecule has 0 bridgehead atoms. The summed E-state index contributed by atoms with van der Waals surface area (Å²) in [7, 11) is 0. The maximum Gasteiger partial charge on any atom is 0.248 e. The minimum Gasteiger partial charge on any atom is -0.276 e. The number of hydrogen-bond acceptors (Lipinski definition) is 1. The predicted octanol–water partition coefficient (Wildman–Crippen LogP) is 3.07. The summed E-state index contributed by atoms with van der Waals surface area (Å²) in [6, 6.07) is 6.73. The van der Waals surface area contributed by atoms with Gasteiger partial charge in [-0.05, 0) is 18.5 Å². The van der Waals surface area contributed by atoms with Crippen LogP contribution in [0.5, 0.6) is 0 Å². The van der Waals surface area contributed by atoms with Crippen molar-refractivity contribution in [2.45, 2.75) is 6.92 Å². The molecule has 0 atom stereocenters. The number of carbonyl (C=O) groups is 1. The number of allylic oxidation sites excluding steroid dienone is 1. The molecule has 68 valence electrons. The van der Waals surface area contributed by atoms with E-state index in [0.717, 1.165) is 11.6 Å². The summed E-state index contributed by atoms with van der Waals surface area (Å²) >= 11 is 5.00. The van der Waals surface area contributed by atoms with Crippen LogP contribution in [-0.2, 0) is 4.79 Å². The van der Waals surface area contributed by atoms with Crippen molar-refractivity contribution in [2.24, 2.45) is 0 Å². The van der Waals surface area contributed by atoms with Crippen LogP contribution in [0.2, 0.25) is 0 Å². The second kappa shape index (κ2) is 4.19. The molecule has 0 unspecified atom stereocenters. The second-order valence-corrected chi connectivity index (χ2v) is 3.03. The highest BCUT2D eigenvalue weighted by Crippen LogP contribution is 2.16. The van der Waals surface area contributed by atoms with Crippen LogP contribution in [0.4, 0.5) is 4.39 Å². The van der Waals surface area contributed by atoms with Crippen LogP contribution in [0.3, 0.4) is 0 Å². The molecule has 0 aliphatic heterocycles. The molecule has 1 nitrogen and oxygen atoms in total. The zero-order valence-corrected chi connectivity index (χ0v) is 7.81. The van der Waals surface area contributed by atoms with E-state index in [2.05, 4.69) is 0 Å². The van der Waals surface area contributed by atoms with E-state index >= 15 is 0 Å². The molecule has 1 rings (SSSR count). The van der Waals surface area contributed by atoms with Crippen LogP contribution in [0.15, 0.2) is 30.3 Å². The van der Waals surface area contributed by atoms with Crippen molar-refractivity contribution < 1.29 is 9.18 Å². The molecule has 0 aliphatic rings. The highest BCUT2D eigenvalue weighted by atomic mass is 35.5. The number of aryl methyl sites for hydroxylation is 1. The molecular weight excluding hydrogens is 191 g/mol. The van der Waals surface area contributed by atoms with Gasteiger partial charge in [0.05, 0.1) is 0 Å². The van der Waals surface area contributed by atoms with Crippen molar-refractivity contribution in [3.05, 3.63) is 41.5 Å². The second-order valence-electron chi connectivity index (χ2n) is 2.66. The van der Waals surface area contributed by atoms with Gasteiger partial charge in [0.2, 0.25) is 5.24 Å². The van der Waals surface area contributed by atoms with E-state index in [-0.39, 0.29) is 0 Å². The van der Waals surface area contributed by atoms with Crippen molar-refractivity contribution >= 4 is 22.7 Å². The number of halogens is 2. The molecule has 0 fully saturated rings. The lowest BCUT2D eigenvalue weighted by Crippen LogP contribution is -1.82. The van der Waals surface area contributed by atoms with Gasteiger partial charge in [-0.15, -0.1) is 0 Å². The van der Waals surface area contributed by atoms with E-state index < -0.39 is 11.1 Å². The van der Waals surface area contributed by atoms with Crippen LogP contribution < -0.4 is 0 Å². The first kappa shape index (κ1) is 9.93. The van der Waals surface area contributed by atoms with Gasteiger partial charge in [-0.1, -0.05) is 29.8 Å². The fourth-order valence-electron chi connectivity index (χ4n) is 0.896. The van der Waals surface area contributed by atoms with Gasteiger partial charge in [0.1, 0.15) is 5.83 Å². The smallest absolute Gasteiger partial charge is 0.248 e. The van der Waals surface area contributed by atoms with Gasteiger partial charge in [-0.25, -0.2) is 4.39 Å². The van der Waals surface area contributed by atoms with Crippen molar-refractivity contribution in [1.82, 2.24) is 0 Å². The Labute approximate surface area is 80.8 Å². The Bertz CT molecular complexity index is 340. The van der Waals surface area contributed by atoms with Gasteiger partial charge in [0.25, 0.3) is 0 Å². The molecule has 0 spiro atoms. The molecule has 0 saturated carbocycles. The monoisotopic (exact) mass is 198 g/mol. The Morgan fingerprint density at radius 3 is 2.38 bits per heavy atom. The highest BCUT2D eigenvalue weighted by molar-refractivity contribution is 6.66. The lowest BCUT2D eigenvalue weighted by atomic mass is 10.1. The lowest BCUT2D eigenvalue weighted by Gasteiger charge is -1.96. The molecule has 0 N–H and O–H groups in total. The van der Waals surface area contributed by atoms with Gasteiger partial charge in [0, 0.05) is 11.6 Å². The van der Waals surface area contributed by atoms with Gasteiger partial charge in [-0.3, -0.25) is 4.79 Å². The van der Waals surface area contributed by atoms with Gasteiger partial charge >= 0.3 is 0 Å². The summed E-state index contributed by atoms with van der Waals surface area (Å²) in [5.41, 5.74) is 1.40. The van der Waals surface area contributed by atoms with E-state index in [0.29, 0.717) is 5.56 Å². The quantitative estimate of drug-likeness (QED) is 0.527. The summed E-state index contributed by atoms with van der Waals surface area (Å²) < 4.78 is 13.1. The van der Waals surface area contributed by atoms with Crippen molar-refractivity contribution in [2.75, 3.05) is 0 Å². The van der Waals surface area contributed by atoms with Gasteiger partial charge in [0.15, 0.2) is 0 Å². The van der Waals surface area contributed by atoms with Crippen molar-refractivity contribution in [1.29, 1.82) is 0 Å². The van der Waals surface area contributed by atoms with E-state index in [1.807, 2.05) is 6.92 Å². The molecule has 1 aromatic carbocycles. The summed E-state index contributed by atoms with van der Waals surface area (Å²) in [4.78, 5) is 10.3. The Morgan fingerprint density at radius 2 is 1.92 bits per heavy atom. The topological polar surface area (TPSA) is 17.1 Å². The number of hydrogen-bond donors (Lipinski definition) is 0. The van der Waals surface area contributed by atoms with Crippen LogP contribution >= 0.6 is 11.6 Å². The van der Waals surface area contributed by atoms with E-state index in [9.17, 15) is 9.18 Å². The minimum atomic E-state index is -0.807. The Balaban J connectivity index is 2.96. The Hall–Kier alpha value is -1.15. The van der Waals surface area contributed by atoms with Gasteiger partial charge in [-0.2, -0.15) is 0 Å². The van der Waals surface area contributed by atoms with E-state index in [1.165, 1.54) is 0 Å². The first-order valence-corrected chi connectivity index (χ1v) is 4.11. The van der Waals surface area contributed by atoms with Crippen molar-refractivity contribution in [3.8, 4) is 0 Å². The Kier molecular flexibility index (Phi) is 3.20. The highest BCUT2D eigenvalue weighted by Gasteiger charge is 2.01. The summed E-state index contributed by atoms with van der Waals surface area (Å²) in [6.45, 7) is 1.90. The fraction of sp³-hybridized carbons (Fsp3) is 0.100. The first-order valence-electron chi connectivity index (χ1n) is 3.73. The first-order chi connectivity index (χ1) is 6.09. The number of benzene rings is 1. The molecule has 13 heavy (non-hydrogen) atoms. The summed E-state index contributed by atoms with van der Waals surface area (Å²) in [5, 5.41) is -0.807. The molecule has 0 aliphatic carbocycles. The van der Waals surface area contributed by atoms with Gasteiger partial charge < -0.3 is 0 Å². The van der Waals surface area contributed by atoms with E-state index in [1.54, 1.807) is 24.3 Å². The number of rotatable bonds is 2. The third-order valence-electron chi connectivity index (χ3n) is 1.57. The maximum atomic E-state index is 13.1. The van der Waals surface area contributed by atoms with Crippen LogP contribution in [0.1, 0.15) is 11.1 Å². The Morgan fingerprint density at radius 1 is 1.38 bits per heavy atom. The molecule has 0 amide bonds. The third-order valence-corrected chi connectivity index (χ3v) is 1.68. The molecule has 0 radical (unpaired) electrons. The number of carbonyl (C=O) groups excluding carboxylic acids is 1. The van der Waals surface area contributed by atoms with Crippen LogP contribution in [0, 0.1) is 6.92 Å². The maximum absolute atomic E-state index is 13.1. The molecular formula is C10H8ClFO.